The van der Waals surface area contributed by atoms with E-state index in [2.05, 4.69) is 27.0 Å². The zero-order valence-corrected chi connectivity index (χ0v) is 17.5. The molecular weight excluding hydrogens is 392 g/mol. The van der Waals surface area contributed by atoms with Gasteiger partial charge in [-0.25, -0.2) is 0 Å². The molecule has 1 aromatic carbocycles. The summed E-state index contributed by atoms with van der Waals surface area (Å²) >= 11 is 3.25. The molecular formula is C20H22N4O2S2. The van der Waals surface area contributed by atoms with Crippen molar-refractivity contribution in [1.29, 1.82) is 0 Å². The number of carbonyl (C=O) groups is 2. The number of ketones is 1. The van der Waals surface area contributed by atoms with Crippen molar-refractivity contribution < 1.29 is 9.59 Å². The molecule has 8 heteroatoms. The maximum atomic E-state index is 12.2. The number of Topliss-reactive ketones (excluding diaryl/α,β-unsaturated/α-hetero) is 1. The Kier molecular flexibility index (Phi) is 7.00. The fraction of sp³-hybridized carbons (Fsp3) is 0.300. The lowest BCUT2D eigenvalue weighted by atomic mass is 10.1. The van der Waals surface area contributed by atoms with Crippen molar-refractivity contribution in [3.8, 4) is 10.7 Å². The smallest absolute Gasteiger partial charge is 0.224 e. The predicted molar refractivity (Wildman–Crippen MR) is 114 cm³/mol. The Morgan fingerprint density at radius 2 is 2.00 bits per heavy atom. The second-order valence-corrected chi connectivity index (χ2v) is 8.14. The molecule has 2 aromatic heterocycles. The first-order chi connectivity index (χ1) is 13.6. The van der Waals surface area contributed by atoms with Crippen LogP contribution in [0.2, 0.25) is 0 Å². The summed E-state index contributed by atoms with van der Waals surface area (Å²) in [5.74, 6) is 1.50. The second kappa shape index (κ2) is 9.66. The number of hydrogen-bond acceptors (Lipinski definition) is 6. The molecule has 1 N–H and O–H groups in total. The van der Waals surface area contributed by atoms with Crippen LogP contribution in [0.3, 0.4) is 0 Å². The largest absolute Gasteiger partial charge is 0.325 e. The van der Waals surface area contributed by atoms with Crippen LogP contribution < -0.4 is 5.32 Å². The molecule has 0 unspecified atom stereocenters. The van der Waals surface area contributed by atoms with Crippen LogP contribution >= 0.6 is 23.1 Å². The van der Waals surface area contributed by atoms with Gasteiger partial charge in [0.1, 0.15) is 0 Å². The zero-order chi connectivity index (χ0) is 19.9. The molecule has 6 nitrogen and oxygen atoms in total. The third-order valence-corrected chi connectivity index (χ3v) is 6.05. The quantitative estimate of drug-likeness (QED) is 0.311. The molecule has 0 atom stereocenters. The van der Waals surface area contributed by atoms with E-state index in [1.165, 1.54) is 6.92 Å². The van der Waals surface area contributed by atoms with Crippen molar-refractivity contribution in [2.45, 2.75) is 38.4 Å². The summed E-state index contributed by atoms with van der Waals surface area (Å²) in [6.45, 7) is 4.37. The molecule has 0 saturated carbocycles. The summed E-state index contributed by atoms with van der Waals surface area (Å²) < 4.78 is 2.10. The van der Waals surface area contributed by atoms with Gasteiger partial charge in [-0.15, -0.1) is 21.5 Å². The number of nitrogens with one attached hydrogen (secondary N) is 1. The Hall–Kier alpha value is -2.45. The van der Waals surface area contributed by atoms with Gasteiger partial charge in [-0.05, 0) is 43.8 Å². The molecule has 0 aliphatic heterocycles. The average Bonchev–Trinajstić information content (AvgIpc) is 3.34. The van der Waals surface area contributed by atoms with E-state index in [4.69, 9.17) is 0 Å². The Balaban J connectivity index is 1.51. The highest BCUT2D eigenvalue weighted by Crippen LogP contribution is 2.27. The minimum atomic E-state index is -0.0921. The standard InChI is InChI=1S/C20H22N4O2S2/c1-3-24-19(17-10-6-12-27-17)22-23-20(24)28-13-7-11-18(26)21-16-9-5-4-8-15(16)14(2)25/h4-6,8-10,12H,3,7,11,13H2,1-2H3,(H,21,26). The van der Waals surface area contributed by atoms with Crippen molar-refractivity contribution in [2.75, 3.05) is 11.1 Å². The maximum Gasteiger partial charge on any atom is 0.224 e. The van der Waals surface area contributed by atoms with Gasteiger partial charge in [-0.3, -0.25) is 9.59 Å². The second-order valence-electron chi connectivity index (χ2n) is 6.13. The monoisotopic (exact) mass is 414 g/mol. The Labute approximate surface area is 172 Å². The number of benzene rings is 1. The van der Waals surface area contributed by atoms with Gasteiger partial charge < -0.3 is 9.88 Å². The molecule has 28 heavy (non-hydrogen) atoms. The number of aromatic nitrogens is 3. The van der Waals surface area contributed by atoms with Crippen molar-refractivity contribution >= 4 is 40.5 Å². The number of para-hydroxylation sites is 1. The lowest BCUT2D eigenvalue weighted by molar-refractivity contribution is -0.116. The number of thioether (sulfide) groups is 1. The van der Waals surface area contributed by atoms with Gasteiger partial charge in [0.2, 0.25) is 5.91 Å². The molecule has 0 saturated heterocycles. The van der Waals surface area contributed by atoms with E-state index < -0.39 is 0 Å². The number of anilines is 1. The molecule has 0 aliphatic carbocycles. The first-order valence-corrected chi connectivity index (χ1v) is 11.0. The van der Waals surface area contributed by atoms with Crippen LogP contribution in [0, 0.1) is 0 Å². The van der Waals surface area contributed by atoms with Crippen LogP contribution in [0.4, 0.5) is 5.69 Å². The van der Waals surface area contributed by atoms with Gasteiger partial charge in [0.25, 0.3) is 0 Å². The first kappa shape index (κ1) is 20.3. The highest BCUT2D eigenvalue weighted by atomic mass is 32.2. The minimum absolute atomic E-state index is 0.0631. The molecule has 2 heterocycles. The summed E-state index contributed by atoms with van der Waals surface area (Å²) in [4.78, 5) is 25.0. The molecule has 146 valence electrons. The Morgan fingerprint density at radius 1 is 1.18 bits per heavy atom. The molecule has 0 fully saturated rings. The summed E-state index contributed by atoms with van der Waals surface area (Å²) in [7, 11) is 0. The van der Waals surface area contributed by atoms with Gasteiger partial charge in [0.15, 0.2) is 16.8 Å². The number of hydrogen-bond donors (Lipinski definition) is 1. The summed E-state index contributed by atoms with van der Waals surface area (Å²) in [5, 5.41) is 14.4. The van der Waals surface area contributed by atoms with E-state index in [1.54, 1.807) is 47.4 Å². The number of carbonyl (C=O) groups excluding carboxylic acids is 2. The van der Waals surface area contributed by atoms with E-state index in [9.17, 15) is 9.59 Å². The van der Waals surface area contributed by atoms with Crippen LogP contribution in [-0.4, -0.2) is 32.2 Å². The van der Waals surface area contributed by atoms with Crippen LogP contribution in [0.25, 0.3) is 10.7 Å². The van der Waals surface area contributed by atoms with Gasteiger partial charge in [0.05, 0.1) is 10.6 Å². The summed E-state index contributed by atoms with van der Waals surface area (Å²) in [5.41, 5.74) is 1.10. The molecule has 0 radical (unpaired) electrons. The Bertz CT molecular complexity index is 951. The van der Waals surface area contributed by atoms with Gasteiger partial charge in [-0.2, -0.15) is 0 Å². The fourth-order valence-electron chi connectivity index (χ4n) is 2.78. The van der Waals surface area contributed by atoms with E-state index in [0.717, 1.165) is 28.2 Å². The van der Waals surface area contributed by atoms with Gasteiger partial charge in [0, 0.05) is 24.3 Å². The topological polar surface area (TPSA) is 76.9 Å². The molecule has 0 bridgehead atoms. The SMILES string of the molecule is CCn1c(SCCCC(=O)Nc2ccccc2C(C)=O)nnc1-c1cccs1. The molecule has 1 amide bonds. The minimum Gasteiger partial charge on any atom is -0.325 e. The Morgan fingerprint density at radius 3 is 2.71 bits per heavy atom. The van der Waals surface area contributed by atoms with Crippen LogP contribution in [0.1, 0.15) is 37.0 Å². The number of amides is 1. The molecule has 0 spiro atoms. The normalized spacial score (nSPS) is 10.8. The average molecular weight is 415 g/mol. The molecule has 3 aromatic rings. The number of thiophene rings is 1. The van der Waals surface area contributed by atoms with Crippen molar-refractivity contribution in [3.05, 3.63) is 47.3 Å². The van der Waals surface area contributed by atoms with E-state index >= 15 is 0 Å². The highest BCUT2D eigenvalue weighted by molar-refractivity contribution is 7.99. The fourth-order valence-corrected chi connectivity index (χ4v) is 4.44. The van der Waals surface area contributed by atoms with Crippen molar-refractivity contribution in [2.24, 2.45) is 0 Å². The van der Waals surface area contributed by atoms with E-state index in [0.29, 0.717) is 24.1 Å². The first-order valence-electron chi connectivity index (χ1n) is 9.09. The third-order valence-electron chi connectivity index (χ3n) is 4.13. The number of nitrogens with zero attached hydrogens (tertiary/aromatic N) is 3. The van der Waals surface area contributed by atoms with Crippen LogP contribution in [0.5, 0.6) is 0 Å². The molecule has 3 rings (SSSR count). The highest BCUT2D eigenvalue weighted by Gasteiger charge is 2.14. The summed E-state index contributed by atoms with van der Waals surface area (Å²) in [6.07, 6.45) is 1.10. The molecule has 0 aliphatic rings. The van der Waals surface area contributed by atoms with Gasteiger partial charge in [-0.1, -0.05) is 30.0 Å². The lowest BCUT2D eigenvalue weighted by Gasteiger charge is -2.09. The van der Waals surface area contributed by atoms with Crippen LogP contribution in [-0.2, 0) is 11.3 Å². The third kappa shape index (κ3) is 4.88. The van der Waals surface area contributed by atoms with Crippen molar-refractivity contribution in [3.63, 3.8) is 0 Å². The predicted octanol–water partition coefficient (Wildman–Crippen LogP) is 4.74. The van der Waals surface area contributed by atoms with Crippen molar-refractivity contribution in [1.82, 2.24) is 14.8 Å². The maximum absolute atomic E-state index is 12.2. The van der Waals surface area contributed by atoms with E-state index in [-0.39, 0.29) is 11.7 Å². The lowest BCUT2D eigenvalue weighted by Crippen LogP contribution is -2.14. The van der Waals surface area contributed by atoms with Gasteiger partial charge >= 0.3 is 0 Å². The number of rotatable bonds is 9. The van der Waals surface area contributed by atoms with Crippen LogP contribution in [0.15, 0.2) is 46.9 Å². The summed E-state index contributed by atoms with van der Waals surface area (Å²) in [6, 6.07) is 11.1. The van der Waals surface area contributed by atoms with E-state index in [1.807, 2.05) is 17.5 Å². The zero-order valence-electron chi connectivity index (χ0n) is 15.8.